The summed E-state index contributed by atoms with van der Waals surface area (Å²) in [7, 11) is 0. The van der Waals surface area contributed by atoms with Gasteiger partial charge < -0.3 is 4.90 Å². The largest absolute Gasteiger partial charge is 0.321 e. The van der Waals surface area contributed by atoms with Crippen molar-refractivity contribution in [2.75, 3.05) is 6.54 Å². The maximum atomic E-state index is 13.4. The van der Waals surface area contributed by atoms with E-state index in [9.17, 15) is 9.18 Å². The van der Waals surface area contributed by atoms with E-state index in [0.29, 0.717) is 0 Å². The molecule has 1 aromatic rings. The summed E-state index contributed by atoms with van der Waals surface area (Å²) in [4.78, 5) is 14.4. The van der Waals surface area contributed by atoms with Gasteiger partial charge in [-0.05, 0) is 37.0 Å². The molecule has 20 heavy (non-hydrogen) atoms. The Morgan fingerprint density at radius 3 is 2.85 bits per heavy atom. The highest BCUT2D eigenvalue weighted by Gasteiger charge is 2.59. The van der Waals surface area contributed by atoms with Crippen LogP contribution in [0.2, 0.25) is 0 Å². The fraction of sp³-hybridized carbons (Fsp3) is 0.562. The van der Waals surface area contributed by atoms with Crippen LogP contribution in [0.5, 0.6) is 0 Å². The molecule has 1 saturated heterocycles. The van der Waals surface area contributed by atoms with Crippen molar-refractivity contribution < 1.29 is 9.18 Å². The molecule has 1 heterocycles. The van der Waals surface area contributed by atoms with Crippen molar-refractivity contribution in [2.24, 2.45) is 0 Å². The van der Waals surface area contributed by atoms with Gasteiger partial charge in [-0.25, -0.2) is 4.39 Å². The van der Waals surface area contributed by atoms with Crippen molar-refractivity contribution in [3.8, 4) is 0 Å². The molecule has 0 bridgehead atoms. The van der Waals surface area contributed by atoms with Crippen molar-refractivity contribution in [1.29, 1.82) is 0 Å². The number of halogens is 1. The van der Waals surface area contributed by atoms with Gasteiger partial charge >= 0.3 is 0 Å². The Kier molecular flexibility index (Phi) is 3.50. The molecule has 3 nitrogen and oxygen atoms in total. The van der Waals surface area contributed by atoms with Gasteiger partial charge in [0.1, 0.15) is 17.5 Å². The molecule has 1 spiro atoms. The van der Waals surface area contributed by atoms with Crippen LogP contribution >= 0.6 is 0 Å². The third kappa shape index (κ3) is 2.33. The molecule has 108 valence electrons. The maximum Gasteiger partial charge on any atom is 0.244 e. The van der Waals surface area contributed by atoms with Gasteiger partial charge in [0.05, 0.1) is 0 Å². The Morgan fingerprint density at radius 2 is 2.20 bits per heavy atom. The van der Waals surface area contributed by atoms with E-state index in [1.165, 1.54) is 12.1 Å². The van der Waals surface area contributed by atoms with Gasteiger partial charge in [-0.2, -0.15) is 0 Å². The van der Waals surface area contributed by atoms with E-state index >= 15 is 0 Å². The van der Waals surface area contributed by atoms with Gasteiger partial charge in [-0.1, -0.05) is 31.9 Å². The number of rotatable bonds is 5. The molecular weight excluding hydrogens is 255 g/mol. The van der Waals surface area contributed by atoms with Crippen molar-refractivity contribution in [3.63, 3.8) is 0 Å². The molecule has 0 radical (unpaired) electrons. The van der Waals surface area contributed by atoms with Crippen LogP contribution in [-0.4, -0.2) is 22.9 Å². The lowest BCUT2D eigenvalue weighted by molar-refractivity contribution is -0.130. The van der Waals surface area contributed by atoms with E-state index in [4.69, 9.17) is 0 Å². The van der Waals surface area contributed by atoms with E-state index in [2.05, 4.69) is 12.2 Å². The Hall–Kier alpha value is -1.42. The molecule has 2 fully saturated rings. The van der Waals surface area contributed by atoms with Gasteiger partial charge in [0.2, 0.25) is 5.91 Å². The highest BCUT2D eigenvalue weighted by Crippen LogP contribution is 2.46. The smallest absolute Gasteiger partial charge is 0.244 e. The van der Waals surface area contributed by atoms with Crippen LogP contribution in [-0.2, 0) is 4.79 Å². The standard InChI is InChI=1S/C16H21FN2O/c1-2-3-4-10-19-14(12-6-5-7-13(17)11-12)18-16(8-9-16)15(19)20/h5-7,11,14,18H,2-4,8-10H2,1H3. The molecule has 1 N–H and O–H groups in total. The summed E-state index contributed by atoms with van der Waals surface area (Å²) in [6.07, 6.45) is 4.89. The average Bonchev–Trinajstić information content (AvgIpc) is 3.16. The summed E-state index contributed by atoms with van der Waals surface area (Å²) in [5.41, 5.74) is 0.502. The van der Waals surface area contributed by atoms with Crippen LogP contribution in [0.4, 0.5) is 4.39 Å². The van der Waals surface area contributed by atoms with E-state index in [1.807, 2.05) is 11.0 Å². The van der Waals surface area contributed by atoms with Crippen molar-refractivity contribution in [1.82, 2.24) is 10.2 Å². The van der Waals surface area contributed by atoms with Gasteiger partial charge in [-0.3, -0.25) is 10.1 Å². The summed E-state index contributed by atoms with van der Waals surface area (Å²) in [5, 5.41) is 3.42. The van der Waals surface area contributed by atoms with E-state index in [0.717, 1.165) is 44.2 Å². The van der Waals surface area contributed by atoms with E-state index in [-0.39, 0.29) is 23.4 Å². The van der Waals surface area contributed by atoms with Crippen molar-refractivity contribution in [2.45, 2.75) is 50.7 Å². The summed E-state index contributed by atoms with van der Waals surface area (Å²) in [5.74, 6) is -0.0510. The first-order chi connectivity index (χ1) is 9.66. The first-order valence-corrected chi connectivity index (χ1v) is 7.50. The lowest BCUT2D eigenvalue weighted by Gasteiger charge is -2.24. The molecule has 1 atom stereocenters. The van der Waals surface area contributed by atoms with Gasteiger partial charge in [0, 0.05) is 6.54 Å². The Morgan fingerprint density at radius 1 is 1.40 bits per heavy atom. The number of benzene rings is 1. The van der Waals surface area contributed by atoms with Gasteiger partial charge in [-0.15, -0.1) is 0 Å². The topological polar surface area (TPSA) is 32.3 Å². The van der Waals surface area contributed by atoms with Gasteiger partial charge in [0.25, 0.3) is 0 Å². The molecule has 1 aliphatic heterocycles. The molecule has 1 amide bonds. The molecule has 4 heteroatoms. The lowest BCUT2D eigenvalue weighted by Crippen LogP contribution is -2.33. The minimum absolute atomic E-state index is 0.169. The highest BCUT2D eigenvalue weighted by atomic mass is 19.1. The maximum absolute atomic E-state index is 13.4. The SMILES string of the molecule is CCCCCN1C(=O)C2(CC2)NC1c1cccc(F)c1. The second kappa shape index (κ2) is 5.17. The number of carbonyl (C=O) groups excluding carboxylic acids is 1. The Labute approximate surface area is 119 Å². The van der Waals surface area contributed by atoms with Crippen LogP contribution in [0.1, 0.15) is 50.8 Å². The molecule has 1 saturated carbocycles. The number of amides is 1. The zero-order chi connectivity index (χ0) is 14.2. The summed E-state index contributed by atoms with van der Waals surface area (Å²) in [6.45, 7) is 2.90. The van der Waals surface area contributed by atoms with Gasteiger partial charge in [0.15, 0.2) is 0 Å². The van der Waals surface area contributed by atoms with Crippen LogP contribution in [0.25, 0.3) is 0 Å². The minimum atomic E-state index is -0.344. The predicted octanol–water partition coefficient (Wildman–Crippen LogP) is 2.98. The predicted molar refractivity (Wildman–Crippen MR) is 75.5 cm³/mol. The second-order valence-corrected chi connectivity index (χ2v) is 5.89. The first kappa shape index (κ1) is 13.6. The van der Waals surface area contributed by atoms with Crippen LogP contribution in [0.3, 0.4) is 0 Å². The fourth-order valence-electron chi connectivity index (χ4n) is 2.98. The molecular formula is C16H21FN2O. The highest BCUT2D eigenvalue weighted by molar-refractivity contribution is 5.92. The van der Waals surface area contributed by atoms with Crippen molar-refractivity contribution >= 4 is 5.91 Å². The quantitative estimate of drug-likeness (QED) is 0.839. The van der Waals surface area contributed by atoms with Crippen LogP contribution < -0.4 is 5.32 Å². The Bertz CT molecular complexity index is 513. The number of nitrogens with zero attached hydrogens (tertiary/aromatic N) is 1. The first-order valence-electron chi connectivity index (χ1n) is 7.50. The van der Waals surface area contributed by atoms with E-state index in [1.54, 1.807) is 6.07 Å². The third-order valence-corrected chi connectivity index (χ3v) is 4.31. The summed E-state index contributed by atoms with van der Waals surface area (Å²) < 4.78 is 13.4. The molecule has 3 rings (SSSR count). The minimum Gasteiger partial charge on any atom is -0.321 e. The molecule has 0 aromatic heterocycles. The number of carbonyl (C=O) groups is 1. The lowest BCUT2D eigenvalue weighted by atomic mass is 10.1. The summed E-state index contributed by atoms with van der Waals surface area (Å²) >= 11 is 0. The number of unbranched alkanes of at least 4 members (excludes halogenated alkanes) is 2. The zero-order valence-corrected chi connectivity index (χ0v) is 11.9. The normalized spacial score (nSPS) is 23.6. The number of hydrogen-bond acceptors (Lipinski definition) is 2. The molecule has 1 aliphatic carbocycles. The number of nitrogens with one attached hydrogen (secondary N) is 1. The molecule has 2 aliphatic rings. The average molecular weight is 276 g/mol. The molecule has 1 unspecified atom stereocenters. The van der Waals surface area contributed by atoms with Crippen molar-refractivity contribution in [3.05, 3.63) is 35.6 Å². The fourth-order valence-corrected chi connectivity index (χ4v) is 2.98. The van der Waals surface area contributed by atoms with Crippen LogP contribution in [0, 0.1) is 5.82 Å². The zero-order valence-electron chi connectivity index (χ0n) is 11.9. The van der Waals surface area contributed by atoms with Crippen LogP contribution in [0.15, 0.2) is 24.3 Å². The monoisotopic (exact) mass is 276 g/mol. The molecule has 1 aromatic carbocycles. The Balaban J connectivity index is 1.81. The van der Waals surface area contributed by atoms with E-state index < -0.39 is 0 Å². The third-order valence-electron chi connectivity index (χ3n) is 4.31. The second-order valence-electron chi connectivity index (χ2n) is 5.89. The number of hydrogen-bond donors (Lipinski definition) is 1. The summed E-state index contributed by atoms with van der Waals surface area (Å²) in [6, 6.07) is 6.56.